The molecule has 6 heteroatoms. The number of likely N-dealkylation sites (tertiary alicyclic amines) is 1. The van der Waals surface area contributed by atoms with Crippen LogP contribution in [0.3, 0.4) is 0 Å². The number of nitrogens with zero attached hydrogens (tertiary/aromatic N) is 2. The largest absolute Gasteiger partial charge is 0.497 e. The van der Waals surface area contributed by atoms with E-state index >= 15 is 0 Å². The van der Waals surface area contributed by atoms with E-state index in [1.165, 1.54) is 37.7 Å². The Bertz CT molecular complexity index is 714. The quantitative estimate of drug-likeness (QED) is 0.611. The molecule has 1 saturated carbocycles. The lowest BCUT2D eigenvalue weighted by Crippen LogP contribution is -2.60. The van der Waals surface area contributed by atoms with Gasteiger partial charge in [0.25, 0.3) is 0 Å². The summed E-state index contributed by atoms with van der Waals surface area (Å²) in [5, 5.41) is 3.57. The molecule has 1 unspecified atom stereocenters. The van der Waals surface area contributed by atoms with Crippen molar-refractivity contribution >= 4 is 5.91 Å². The van der Waals surface area contributed by atoms with E-state index in [2.05, 4.69) is 27.2 Å². The zero-order valence-electron chi connectivity index (χ0n) is 19.1. The van der Waals surface area contributed by atoms with Crippen LogP contribution in [0.1, 0.15) is 56.9 Å². The fraction of sp³-hybridized carbons (Fsp3) is 0.720. The fourth-order valence-corrected chi connectivity index (χ4v) is 5.73. The molecule has 1 amide bonds. The molecule has 31 heavy (non-hydrogen) atoms. The first kappa shape index (κ1) is 22.6. The first-order valence-corrected chi connectivity index (χ1v) is 12.2. The Hall–Kier alpha value is -1.63. The molecule has 1 atom stereocenters. The van der Waals surface area contributed by atoms with Gasteiger partial charge in [-0.05, 0) is 49.9 Å². The number of rotatable bonds is 9. The molecule has 1 N–H and O–H groups in total. The first-order chi connectivity index (χ1) is 15.2. The van der Waals surface area contributed by atoms with Crippen molar-refractivity contribution in [2.24, 2.45) is 0 Å². The van der Waals surface area contributed by atoms with Gasteiger partial charge in [0.1, 0.15) is 5.75 Å². The molecule has 6 nitrogen and oxygen atoms in total. The van der Waals surface area contributed by atoms with E-state index in [0.717, 1.165) is 64.5 Å². The number of hydrogen-bond donors (Lipinski definition) is 1. The molecule has 1 aromatic rings. The minimum absolute atomic E-state index is 0.161. The van der Waals surface area contributed by atoms with E-state index in [4.69, 9.17) is 9.47 Å². The van der Waals surface area contributed by atoms with Gasteiger partial charge in [-0.25, -0.2) is 0 Å². The van der Waals surface area contributed by atoms with Crippen molar-refractivity contribution in [2.45, 2.75) is 69.5 Å². The van der Waals surface area contributed by atoms with Crippen LogP contribution >= 0.6 is 0 Å². The lowest BCUT2D eigenvalue weighted by molar-refractivity contribution is -0.133. The number of ether oxygens (including phenoxy) is 2. The topological polar surface area (TPSA) is 54.0 Å². The van der Waals surface area contributed by atoms with Gasteiger partial charge in [-0.3, -0.25) is 9.69 Å². The second-order valence-electron chi connectivity index (χ2n) is 9.42. The Balaban J connectivity index is 1.33. The number of benzene rings is 1. The standard InChI is InChI=1S/C25H39N3O3/c1-30-23-7-5-6-21(18-23)19-26-13-10-22-8-9-24(29)28(22)20-25(11-3-2-4-12-25)27-14-16-31-17-15-27/h5-7,18,22,26H,2-4,8-17,19-20H2,1H3. The average molecular weight is 430 g/mol. The molecule has 172 valence electrons. The number of amides is 1. The highest BCUT2D eigenvalue weighted by Gasteiger charge is 2.43. The van der Waals surface area contributed by atoms with E-state index in [0.29, 0.717) is 18.4 Å². The molecule has 0 radical (unpaired) electrons. The maximum Gasteiger partial charge on any atom is 0.222 e. The fourth-order valence-electron chi connectivity index (χ4n) is 5.73. The molecular formula is C25H39N3O3. The Morgan fingerprint density at radius 3 is 2.77 bits per heavy atom. The van der Waals surface area contributed by atoms with E-state index in [1.54, 1.807) is 7.11 Å². The lowest BCUT2D eigenvalue weighted by Gasteiger charge is -2.50. The van der Waals surface area contributed by atoms with Crippen LogP contribution in [0.15, 0.2) is 24.3 Å². The Morgan fingerprint density at radius 2 is 2.00 bits per heavy atom. The molecule has 0 bridgehead atoms. The first-order valence-electron chi connectivity index (χ1n) is 12.2. The molecule has 0 spiro atoms. The molecule has 1 aromatic carbocycles. The predicted molar refractivity (Wildman–Crippen MR) is 122 cm³/mol. The number of methoxy groups -OCH3 is 1. The van der Waals surface area contributed by atoms with Gasteiger partial charge in [0.15, 0.2) is 0 Å². The summed E-state index contributed by atoms with van der Waals surface area (Å²) in [5.74, 6) is 1.25. The lowest BCUT2D eigenvalue weighted by atomic mass is 9.79. The highest BCUT2D eigenvalue weighted by molar-refractivity contribution is 5.78. The Kier molecular flexibility index (Phi) is 7.86. The highest BCUT2D eigenvalue weighted by atomic mass is 16.5. The molecule has 2 heterocycles. The van der Waals surface area contributed by atoms with Gasteiger partial charge >= 0.3 is 0 Å². The van der Waals surface area contributed by atoms with Crippen molar-refractivity contribution in [3.63, 3.8) is 0 Å². The molecule has 1 aliphatic carbocycles. The van der Waals surface area contributed by atoms with Gasteiger partial charge in [0, 0.05) is 44.2 Å². The molecule has 0 aromatic heterocycles. The van der Waals surface area contributed by atoms with Gasteiger partial charge in [0.2, 0.25) is 5.91 Å². The Labute approximate surface area is 187 Å². The van der Waals surface area contributed by atoms with Crippen molar-refractivity contribution in [1.29, 1.82) is 0 Å². The van der Waals surface area contributed by atoms with E-state index in [9.17, 15) is 4.79 Å². The van der Waals surface area contributed by atoms with Crippen LogP contribution < -0.4 is 10.1 Å². The molecular weight excluding hydrogens is 390 g/mol. The summed E-state index contributed by atoms with van der Waals surface area (Å²) in [5.41, 5.74) is 1.39. The average Bonchev–Trinajstić information content (AvgIpc) is 3.17. The van der Waals surface area contributed by atoms with Gasteiger partial charge in [-0.2, -0.15) is 0 Å². The smallest absolute Gasteiger partial charge is 0.222 e. The van der Waals surface area contributed by atoms with Crippen molar-refractivity contribution in [2.75, 3.05) is 46.5 Å². The van der Waals surface area contributed by atoms with Crippen molar-refractivity contribution < 1.29 is 14.3 Å². The summed E-state index contributed by atoms with van der Waals surface area (Å²) < 4.78 is 10.9. The molecule has 3 aliphatic rings. The monoisotopic (exact) mass is 429 g/mol. The third-order valence-corrected chi connectivity index (χ3v) is 7.50. The molecule has 3 fully saturated rings. The van der Waals surface area contributed by atoms with Crippen molar-refractivity contribution in [3.05, 3.63) is 29.8 Å². The number of carbonyl (C=O) groups is 1. The van der Waals surface area contributed by atoms with Crippen molar-refractivity contribution in [1.82, 2.24) is 15.1 Å². The van der Waals surface area contributed by atoms with Crippen LogP contribution in [-0.2, 0) is 16.1 Å². The zero-order chi connectivity index (χ0) is 21.5. The highest BCUT2D eigenvalue weighted by Crippen LogP contribution is 2.37. The van der Waals surface area contributed by atoms with Gasteiger partial charge in [-0.15, -0.1) is 0 Å². The third-order valence-electron chi connectivity index (χ3n) is 7.50. The molecule has 2 saturated heterocycles. The SMILES string of the molecule is COc1cccc(CNCCC2CCC(=O)N2CC2(N3CCOCC3)CCCCC2)c1. The minimum atomic E-state index is 0.161. The van der Waals surface area contributed by atoms with Crippen LogP contribution in [0, 0.1) is 0 Å². The van der Waals surface area contributed by atoms with E-state index in [-0.39, 0.29) is 5.54 Å². The third kappa shape index (κ3) is 5.60. The number of carbonyl (C=O) groups excluding carboxylic acids is 1. The van der Waals surface area contributed by atoms with Crippen LogP contribution in [0.2, 0.25) is 0 Å². The Morgan fingerprint density at radius 1 is 1.19 bits per heavy atom. The summed E-state index contributed by atoms with van der Waals surface area (Å²) in [6.45, 7) is 6.34. The van der Waals surface area contributed by atoms with Crippen LogP contribution in [0.5, 0.6) is 5.75 Å². The second-order valence-corrected chi connectivity index (χ2v) is 9.42. The van der Waals surface area contributed by atoms with Crippen molar-refractivity contribution in [3.8, 4) is 5.75 Å². The molecule has 2 aliphatic heterocycles. The number of morpholine rings is 1. The summed E-state index contributed by atoms with van der Waals surface area (Å²) in [6, 6.07) is 8.57. The van der Waals surface area contributed by atoms with Crippen LogP contribution in [0.4, 0.5) is 0 Å². The predicted octanol–water partition coefficient (Wildman–Crippen LogP) is 3.20. The zero-order valence-corrected chi connectivity index (χ0v) is 19.1. The van der Waals surface area contributed by atoms with E-state index in [1.807, 2.05) is 12.1 Å². The second kappa shape index (κ2) is 10.8. The van der Waals surface area contributed by atoms with Gasteiger partial charge in [-0.1, -0.05) is 31.4 Å². The van der Waals surface area contributed by atoms with Gasteiger partial charge < -0.3 is 19.7 Å². The van der Waals surface area contributed by atoms with Crippen LogP contribution in [0.25, 0.3) is 0 Å². The summed E-state index contributed by atoms with van der Waals surface area (Å²) in [6.07, 6.45) is 9.07. The maximum atomic E-state index is 12.9. The molecule has 4 rings (SSSR count). The van der Waals surface area contributed by atoms with E-state index < -0.39 is 0 Å². The minimum Gasteiger partial charge on any atom is -0.497 e. The normalized spacial score (nSPS) is 24.5. The summed E-state index contributed by atoms with van der Waals surface area (Å²) in [4.78, 5) is 17.8. The number of nitrogens with one attached hydrogen (secondary N) is 1. The van der Waals surface area contributed by atoms with Gasteiger partial charge in [0.05, 0.1) is 20.3 Å². The number of hydrogen-bond acceptors (Lipinski definition) is 5. The maximum absolute atomic E-state index is 12.9. The summed E-state index contributed by atoms with van der Waals surface area (Å²) in [7, 11) is 1.70. The van der Waals surface area contributed by atoms with Crippen LogP contribution in [-0.4, -0.2) is 73.8 Å². The summed E-state index contributed by atoms with van der Waals surface area (Å²) >= 11 is 0.